The Hall–Kier alpha value is -4.12. The molecule has 1 amide bonds. The van der Waals surface area contributed by atoms with Crippen molar-refractivity contribution in [3.63, 3.8) is 0 Å². The molecule has 1 heterocycles. The first-order chi connectivity index (χ1) is 15.1. The first kappa shape index (κ1) is 20.2. The first-order valence-corrected chi connectivity index (χ1v) is 10.0. The number of para-hydroxylation sites is 1. The molecule has 0 unspecified atom stereocenters. The van der Waals surface area contributed by atoms with Gasteiger partial charge in [-0.15, -0.1) is 0 Å². The number of nitrogens with one attached hydrogen (secondary N) is 1. The topological polar surface area (TPSA) is 55.6 Å². The standard InChI is InChI=1S/C26H23N3O2/c1-19-11-12-20(2)29(19)23-15-13-22(14-16-23)26(30)28-27-18-21-7-6-10-25(17-21)31-24-8-4-3-5-9-24/h3-18H,1-2H3,(H,28,30)/b27-18+. The lowest BCUT2D eigenvalue weighted by Gasteiger charge is -2.10. The molecule has 154 valence electrons. The van der Waals surface area contributed by atoms with E-state index in [0.29, 0.717) is 11.3 Å². The number of ether oxygens (including phenoxy) is 1. The summed E-state index contributed by atoms with van der Waals surface area (Å²) in [6, 6.07) is 28.7. The van der Waals surface area contributed by atoms with Crippen LogP contribution in [0, 0.1) is 13.8 Å². The van der Waals surface area contributed by atoms with Crippen molar-refractivity contribution in [2.75, 3.05) is 0 Å². The third-order valence-electron chi connectivity index (χ3n) is 4.88. The second-order valence-electron chi connectivity index (χ2n) is 7.19. The highest BCUT2D eigenvalue weighted by Gasteiger charge is 2.07. The second kappa shape index (κ2) is 9.13. The number of hydrogen-bond donors (Lipinski definition) is 1. The Kier molecular flexibility index (Phi) is 5.94. The number of hydrogen-bond acceptors (Lipinski definition) is 3. The van der Waals surface area contributed by atoms with E-state index in [1.54, 1.807) is 18.3 Å². The Morgan fingerprint density at radius 1 is 0.839 bits per heavy atom. The Balaban J connectivity index is 1.39. The van der Waals surface area contributed by atoms with Gasteiger partial charge in [-0.3, -0.25) is 4.79 Å². The quantitative estimate of drug-likeness (QED) is 0.330. The van der Waals surface area contributed by atoms with Gasteiger partial charge in [0.2, 0.25) is 0 Å². The van der Waals surface area contributed by atoms with Gasteiger partial charge in [0.15, 0.2) is 0 Å². The molecule has 0 aliphatic carbocycles. The fraction of sp³-hybridized carbons (Fsp3) is 0.0769. The maximum absolute atomic E-state index is 12.4. The van der Waals surface area contributed by atoms with Crippen LogP contribution >= 0.6 is 0 Å². The molecule has 0 radical (unpaired) electrons. The number of benzene rings is 3. The summed E-state index contributed by atoms with van der Waals surface area (Å²) in [6.45, 7) is 4.12. The smallest absolute Gasteiger partial charge is 0.271 e. The number of carbonyl (C=O) groups is 1. The van der Waals surface area contributed by atoms with E-state index in [1.807, 2.05) is 66.7 Å². The minimum absolute atomic E-state index is 0.263. The van der Waals surface area contributed by atoms with Crippen molar-refractivity contribution in [1.29, 1.82) is 0 Å². The SMILES string of the molecule is Cc1ccc(C)n1-c1ccc(C(=O)N/N=C/c2cccc(Oc3ccccc3)c2)cc1. The van der Waals surface area contributed by atoms with Crippen molar-refractivity contribution >= 4 is 12.1 Å². The fourth-order valence-corrected chi connectivity index (χ4v) is 3.35. The van der Waals surface area contributed by atoms with Crippen molar-refractivity contribution in [3.8, 4) is 17.2 Å². The van der Waals surface area contributed by atoms with Gasteiger partial charge in [-0.2, -0.15) is 5.10 Å². The number of aromatic nitrogens is 1. The van der Waals surface area contributed by atoms with E-state index in [4.69, 9.17) is 4.74 Å². The molecule has 0 spiro atoms. The minimum Gasteiger partial charge on any atom is -0.457 e. The van der Waals surface area contributed by atoms with Crippen LogP contribution in [0.4, 0.5) is 0 Å². The summed E-state index contributed by atoms with van der Waals surface area (Å²) >= 11 is 0. The molecular weight excluding hydrogens is 386 g/mol. The lowest BCUT2D eigenvalue weighted by molar-refractivity contribution is 0.0955. The lowest BCUT2D eigenvalue weighted by atomic mass is 10.2. The van der Waals surface area contributed by atoms with Gasteiger partial charge in [0.05, 0.1) is 6.21 Å². The van der Waals surface area contributed by atoms with Crippen molar-refractivity contribution < 1.29 is 9.53 Å². The Labute approximate surface area is 181 Å². The Morgan fingerprint density at radius 2 is 1.52 bits per heavy atom. The fourth-order valence-electron chi connectivity index (χ4n) is 3.35. The molecule has 1 N–H and O–H groups in total. The zero-order valence-corrected chi connectivity index (χ0v) is 17.4. The van der Waals surface area contributed by atoms with Crippen molar-refractivity contribution in [3.05, 3.63) is 114 Å². The molecule has 1 aromatic heterocycles. The van der Waals surface area contributed by atoms with E-state index >= 15 is 0 Å². The van der Waals surface area contributed by atoms with Gasteiger partial charge in [-0.25, -0.2) is 5.43 Å². The van der Waals surface area contributed by atoms with E-state index < -0.39 is 0 Å². The largest absolute Gasteiger partial charge is 0.457 e. The van der Waals surface area contributed by atoms with Gasteiger partial charge in [-0.05, 0) is 80.1 Å². The van der Waals surface area contributed by atoms with Crippen molar-refractivity contribution in [2.45, 2.75) is 13.8 Å². The summed E-state index contributed by atoms with van der Waals surface area (Å²) < 4.78 is 7.97. The minimum atomic E-state index is -0.263. The summed E-state index contributed by atoms with van der Waals surface area (Å²) in [5.74, 6) is 1.20. The third kappa shape index (κ3) is 4.90. The average molecular weight is 409 g/mol. The van der Waals surface area contributed by atoms with E-state index in [0.717, 1.165) is 28.4 Å². The van der Waals surface area contributed by atoms with Crippen LogP contribution in [0.25, 0.3) is 5.69 Å². The summed E-state index contributed by atoms with van der Waals surface area (Å²) in [5, 5.41) is 4.08. The predicted molar refractivity (Wildman–Crippen MR) is 123 cm³/mol. The van der Waals surface area contributed by atoms with Crippen LogP contribution in [0.5, 0.6) is 11.5 Å². The van der Waals surface area contributed by atoms with Gasteiger partial charge >= 0.3 is 0 Å². The lowest BCUT2D eigenvalue weighted by Crippen LogP contribution is -2.17. The molecule has 5 nitrogen and oxygen atoms in total. The van der Waals surface area contributed by atoms with E-state index in [1.165, 1.54) is 0 Å². The number of carbonyl (C=O) groups excluding carboxylic acids is 1. The van der Waals surface area contributed by atoms with Crippen LogP contribution in [0.3, 0.4) is 0 Å². The number of nitrogens with zero attached hydrogens (tertiary/aromatic N) is 2. The van der Waals surface area contributed by atoms with Crippen LogP contribution in [-0.4, -0.2) is 16.7 Å². The zero-order chi connectivity index (χ0) is 21.6. The molecule has 0 atom stereocenters. The van der Waals surface area contributed by atoms with Gasteiger partial charge in [-0.1, -0.05) is 30.3 Å². The van der Waals surface area contributed by atoms with Gasteiger partial charge in [0, 0.05) is 22.6 Å². The molecule has 0 bridgehead atoms. The maximum atomic E-state index is 12.4. The van der Waals surface area contributed by atoms with E-state index in [-0.39, 0.29) is 5.91 Å². The summed E-state index contributed by atoms with van der Waals surface area (Å²) in [7, 11) is 0. The van der Waals surface area contributed by atoms with Crippen LogP contribution in [-0.2, 0) is 0 Å². The van der Waals surface area contributed by atoms with Crippen LogP contribution in [0.2, 0.25) is 0 Å². The van der Waals surface area contributed by atoms with Crippen molar-refractivity contribution in [2.24, 2.45) is 5.10 Å². The van der Waals surface area contributed by atoms with Crippen LogP contribution < -0.4 is 10.2 Å². The number of rotatable bonds is 6. The van der Waals surface area contributed by atoms with Crippen molar-refractivity contribution in [1.82, 2.24) is 9.99 Å². The summed E-state index contributed by atoms with van der Waals surface area (Å²) in [6.07, 6.45) is 1.59. The highest BCUT2D eigenvalue weighted by molar-refractivity contribution is 5.95. The first-order valence-electron chi connectivity index (χ1n) is 10.0. The highest BCUT2D eigenvalue weighted by atomic mass is 16.5. The van der Waals surface area contributed by atoms with Gasteiger partial charge in [0.1, 0.15) is 11.5 Å². The van der Waals surface area contributed by atoms with Crippen LogP contribution in [0.1, 0.15) is 27.3 Å². The van der Waals surface area contributed by atoms with Crippen LogP contribution in [0.15, 0.2) is 96.1 Å². The van der Waals surface area contributed by atoms with E-state index in [9.17, 15) is 4.79 Å². The highest BCUT2D eigenvalue weighted by Crippen LogP contribution is 2.21. The molecule has 31 heavy (non-hydrogen) atoms. The molecular formula is C26H23N3O2. The predicted octanol–water partition coefficient (Wildman–Crippen LogP) is 5.65. The normalized spacial score (nSPS) is 10.9. The number of amides is 1. The molecule has 0 aliphatic heterocycles. The summed E-state index contributed by atoms with van der Waals surface area (Å²) in [4.78, 5) is 12.4. The third-order valence-corrected chi connectivity index (χ3v) is 4.88. The monoisotopic (exact) mass is 409 g/mol. The van der Waals surface area contributed by atoms with Gasteiger partial charge < -0.3 is 9.30 Å². The molecule has 0 fully saturated rings. The van der Waals surface area contributed by atoms with E-state index in [2.05, 4.69) is 41.1 Å². The molecule has 3 aromatic carbocycles. The molecule has 0 aliphatic rings. The molecule has 0 saturated carbocycles. The second-order valence-corrected chi connectivity index (χ2v) is 7.19. The molecule has 0 saturated heterocycles. The molecule has 4 aromatic rings. The van der Waals surface area contributed by atoms with Gasteiger partial charge in [0.25, 0.3) is 5.91 Å². The maximum Gasteiger partial charge on any atom is 0.271 e. The number of hydrazone groups is 1. The Morgan fingerprint density at radius 3 is 2.23 bits per heavy atom. The molecule has 5 heteroatoms. The zero-order valence-electron chi connectivity index (χ0n) is 17.4. The Bertz CT molecular complexity index is 1190. The molecule has 4 rings (SSSR count). The number of aryl methyl sites for hydroxylation is 2. The summed E-state index contributed by atoms with van der Waals surface area (Å²) in [5.41, 5.74) is 7.27. The average Bonchev–Trinajstić information content (AvgIpc) is 3.13.